The molecule has 4 heteroatoms. The highest BCUT2D eigenvalue weighted by Gasteiger charge is 2.30. The van der Waals surface area contributed by atoms with Gasteiger partial charge >= 0.3 is 0 Å². The predicted molar refractivity (Wildman–Crippen MR) is 47.7 cm³/mol. The number of anilines is 1. The van der Waals surface area contributed by atoms with Crippen molar-refractivity contribution in [3.8, 4) is 0 Å². The van der Waals surface area contributed by atoms with Crippen LogP contribution in [0.5, 0.6) is 0 Å². The lowest BCUT2D eigenvalue weighted by Crippen LogP contribution is -2.17. The number of hydrogen-bond donors (Lipinski definition) is 0. The molecule has 3 nitrogen and oxygen atoms in total. The SMILES string of the molecule is O=NN(c1ccc(F)cc1)C1CC1. The molecule has 0 radical (unpaired) electrons. The number of rotatable bonds is 3. The van der Waals surface area contributed by atoms with Crippen molar-refractivity contribution in [3.05, 3.63) is 35.0 Å². The van der Waals surface area contributed by atoms with E-state index in [1.54, 1.807) is 12.1 Å². The molecule has 1 aliphatic carbocycles. The van der Waals surface area contributed by atoms with E-state index in [0.29, 0.717) is 5.69 Å². The first-order valence-electron chi connectivity index (χ1n) is 4.19. The van der Waals surface area contributed by atoms with Gasteiger partial charge in [-0.2, -0.15) is 0 Å². The zero-order valence-electron chi connectivity index (χ0n) is 6.98. The normalized spacial score (nSPS) is 15.5. The maximum atomic E-state index is 12.5. The Kier molecular flexibility index (Phi) is 1.96. The van der Waals surface area contributed by atoms with E-state index in [0.717, 1.165) is 12.8 Å². The van der Waals surface area contributed by atoms with Crippen LogP contribution in [0.2, 0.25) is 0 Å². The van der Waals surface area contributed by atoms with Gasteiger partial charge < -0.3 is 0 Å². The molecule has 0 N–H and O–H groups in total. The Morgan fingerprint density at radius 1 is 1.31 bits per heavy atom. The fourth-order valence-corrected chi connectivity index (χ4v) is 1.24. The highest BCUT2D eigenvalue weighted by Crippen LogP contribution is 2.31. The average Bonchev–Trinajstić information content (AvgIpc) is 2.93. The summed E-state index contributed by atoms with van der Waals surface area (Å²) in [5, 5.41) is 4.31. The first-order chi connectivity index (χ1) is 6.31. The maximum Gasteiger partial charge on any atom is 0.123 e. The Hall–Kier alpha value is -1.45. The molecular formula is C9H9FN2O. The maximum absolute atomic E-state index is 12.5. The number of nitroso groups, excluding NO2 is 1. The second-order valence-electron chi connectivity index (χ2n) is 3.13. The molecule has 0 heterocycles. The predicted octanol–water partition coefficient (Wildman–Crippen LogP) is 2.48. The van der Waals surface area contributed by atoms with Gasteiger partial charge in [0, 0.05) is 0 Å². The minimum absolute atomic E-state index is 0.225. The Morgan fingerprint density at radius 2 is 1.92 bits per heavy atom. The van der Waals surface area contributed by atoms with Crippen LogP contribution in [0.25, 0.3) is 0 Å². The third kappa shape index (κ3) is 1.66. The van der Waals surface area contributed by atoms with Crippen LogP contribution in [0.3, 0.4) is 0 Å². The van der Waals surface area contributed by atoms with Crippen LogP contribution >= 0.6 is 0 Å². The minimum Gasteiger partial charge on any atom is -0.226 e. The molecule has 68 valence electrons. The number of benzene rings is 1. The van der Waals surface area contributed by atoms with E-state index in [2.05, 4.69) is 5.29 Å². The van der Waals surface area contributed by atoms with Gasteiger partial charge in [-0.3, -0.25) is 0 Å². The van der Waals surface area contributed by atoms with E-state index in [1.807, 2.05) is 0 Å². The van der Waals surface area contributed by atoms with Gasteiger partial charge in [-0.05, 0) is 37.1 Å². The Morgan fingerprint density at radius 3 is 2.38 bits per heavy atom. The lowest BCUT2D eigenvalue weighted by molar-refractivity contribution is 0.627. The van der Waals surface area contributed by atoms with Gasteiger partial charge in [-0.15, -0.1) is 4.91 Å². The molecule has 1 aromatic rings. The van der Waals surface area contributed by atoms with Gasteiger partial charge in [0.05, 0.1) is 17.0 Å². The molecule has 1 aromatic carbocycles. The quantitative estimate of drug-likeness (QED) is 0.528. The standard InChI is InChI=1S/C9H9FN2O/c10-7-1-3-8(4-2-7)12(11-13)9-5-6-9/h1-4,9H,5-6H2. The van der Waals surface area contributed by atoms with Crippen molar-refractivity contribution in [2.45, 2.75) is 18.9 Å². The minimum atomic E-state index is -0.301. The fourth-order valence-electron chi connectivity index (χ4n) is 1.24. The monoisotopic (exact) mass is 180 g/mol. The van der Waals surface area contributed by atoms with Gasteiger partial charge in [0.2, 0.25) is 0 Å². The molecule has 0 aliphatic heterocycles. The summed E-state index contributed by atoms with van der Waals surface area (Å²) in [4.78, 5) is 10.5. The van der Waals surface area contributed by atoms with Gasteiger partial charge in [0.25, 0.3) is 0 Å². The molecule has 0 unspecified atom stereocenters. The van der Waals surface area contributed by atoms with Crippen LogP contribution in [0.4, 0.5) is 10.1 Å². The molecule has 1 aliphatic rings. The van der Waals surface area contributed by atoms with Crippen molar-refractivity contribution in [2.24, 2.45) is 5.29 Å². The van der Waals surface area contributed by atoms with Crippen LogP contribution < -0.4 is 5.01 Å². The van der Waals surface area contributed by atoms with E-state index in [-0.39, 0.29) is 11.9 Å². The van der Waals surface area contributed by atoms with E-state index >= 15 is 0 Å². The summed E-state index contributed by atoms with van der Waals surface area (Å²) in [6, 6.07) is 6.01. The summed E-state index contributed by atoms with van der Waals surface area (Å²) >= 11 is 0. The van der Waals surface area contributed by atoms with Crippen LogP contribution in [-0.4, -0.2) is 6.04 Å². The summed E-state index contributed by atoms with van der Waals surface area (Å²) in [5.41, 5.74) is 0.666. The highest BCUT2D eigenvalue weighted by molar-refractivity contribution is 5.47. The van der Waals surface area contributed by atoms with Gasteiger partial charge in [0.15, 0.2) is 0 Å². The topological polar surface area (TPSA) is 32.7 Å². The second kappa shape index (κ2) is 3.12. The smallest absolute Gasteiger partial charge is 0.123 e. The Balaban J connectivity index is 2.21. The van der Waals surface area contributed by atoms with Crippen molar-refractivity contribution in [1.29, 1.82) is 0 Å². The molecule has 0 atom stereocenters. The summed E-state index contributed by atoms with van der Waals surface area (Å²) < 4.78 is 12.5. The first-order valence-corrected chi connectivity index (χ1v) is 4.19. The van der Waals surface area contributed by atoms with Crippen molar-refractivity contribution in [3.63, 3.8) is 0 Å². The molecule has 13 heavy (non-hydrogen) atoms. The van der Waals surface area contributed by atoms with Crippen LogP contribution in [0, 0.1) is 10.7 Å². The Labute approximate surface area is 75.1 Å². The van der Waals surface area contributed by atoms with Crippen LogP contribution in [-0.2, 0) is 0 Å². The fraction of sp³-hybridized carbons (Fsp3) is 0.333. The largest absolute Gasteiger partial charge is 0.226 e. The van der Waals surface area contributed by atoms with Crippen molar-refractivity contribution in [1.82, 2.24) is 0 Å². The lowest BCUT2D eigenvalue weighted by atomic mass is 10.3. The first kappa shape index (κ1) is 8.16. The van der Waals surface area contributed by atoms with Crippen molar-refractivity contribution in [2.75, 3.05) is 5.01 Å². The van der Waals surface area contributed by atoms with Gasteiger partial charge in [-0.1, -0.05) is 0 Å². The summed E-state index contributed by atoms with van der Waals surface area (Å²) in [6.45, 7) is 0. The third-order valence-electron chi connectivity index (χ3n) is 2.07. The molecule has 0 aromatic heterocycles. The van der Waals surface area contributed by atoms with E-state index < -0.39 is 0 Å². The number of halogens is 1. The van der Waals surface area contributed by atoms with E-state index in [9.17, 15) is 9.30 Å². The molecule has 0 amide bonds. The molecule has 0 saturated heterocycles. The molecule has 1 fully saturated rings. The second-order valence-corrected chi connectivity index (χ2v) is 3.13. The van der Waals surface area contributed by atoms with E-state index in [1.165, 1.54) is 17.1 Å². The molecule has 0 spiro atoms. The van der Waals surface area contributed by atoms with Gasteiger partial charge in [0.1, 0.15) is 5.82 Å². The Bertz CT molecular complexity index is 308. The lowest BCUT2D eigenvalue weighted by Gasteiger charge is -2.13. The van der Waals surface area contributed by atoms with Crippen molar-refractivity contribution >= 4 is 5.69 Å². The number of nitrogens with zero attached hydrogens (tertiary/aromatic N) is 2. The zero-order valence-corrected chi connectivity index (χ0v) is 6.98. The molecular weight excluding hydrogens is 171 g/mol. The molecule has 1 saturated carbocycles. The molecule has 0 bridgehead atoms. The van der Waals surface area contributed by atoms with Crippen LogP contribution in [0.15, 0.2) is 29.6 Å². The highest BCUT2D eigenvalue weighted by atomic mass is 19.1. The van der Waals surface area contributed by atoms with Gasteiger partial charge in [-0.25, -0.2) is 9.40 Å². The summed E-state index contributed by atoms with van der Waals surface area (Å²) in [7, 11) is 0. The third-order valence-corrected chi connectivity index (χ3v) is 2.07. The summed E-state index contributed by atoms with van der Waals surface area (Å²) in [5.74, 6) is -0.301. The summed E-state index contributed by atoms with van der Waals surface area (Å²) in [6.07, 6.45) is 1.98. The average molecular weight is 180 g/mol. The molecule has 2 rings (SSSR count). The van der Waals surface area contributed by atoms with Crippen molar-refractivity contribution < 1.29 is 4.39 Å². The van der Waals surface area contributed by atoms with E-state index in [4.69, 9.17) is 0 Å². The van der Waals surface area contributed by atoms with Crippen LogP contribution in [0.1, 0.15) is 12.8 Å². The number of hydrogen-bond acceptors (Lipinski definition) is 2. The zero-order chi connectivity index (χ0) is 9.26.